The van der Waals surface area contributed by atoms with Gasteiger partial charge < -0.3 is 4.42 Å². The Kier molecular flexibility index (Phi) is 4.74. The molecule has 5 rings (SSSR count). The highest BCUT2D eigenvalue weighted by molar-refractivity contribution is 6.09. The molecule has 2 heterocycles. The molecule has 0 aliphatic carbocycles. The molecule has 0 bridgehead atoms. The van der Waals surface area contributed by atoms with Crippen molar-refractivity contribution in [1.82, 2.24) is 0 Å². The van der Waals surface area contributed by atoms with Gasteiger partial charge in [0.05, 0.1) is 11.5 Å². The number of nitro groups is 1. The van der Waals surface area contributed by atoms with E-state index in [1.807, 2.05) is 18.2 Å². The van der Waals surface area contributed by atoms with Crippen molar-refractivity contribution in [3.8, 4) is 0 Å². The van der Waals surface area contributed by atoms with E-state index in [1.165, 1.54) is 33.7 Å². The summed E-state index contributed by atoms with van der Waals surface area (Å²) in [5.74, 6) is 0.205. The van der Waals surface area contributed by atoms with E-state index in [0.29, 0.717) is 5.76 Å². The summed E-state index contributed by atoms with van der Waals surface area (Å²) in [5.41, 5.74) is 4.55. The third-order valence-electron chi connectivity index (χ3n) is 6.35. The average molecular weight is 423 g/mol. The summed E-state index contributed by atoms with van der Waals surface area (Å²) in [6.45, 7) is 2.28. The molecule has 5 heteroatoms. The normalized spacial score (nSPS) is 17.9. The van der Waals surface area contributed by atoms with Crippen molar-refractivity contribution in [3.63, 3.8) is 0 Å². The van der Waals surface area contributed by atoms with Crippen molar-refractivity contribution < 1.29 is 13.9 Å². The van der Waals surface area contributed by atoms with E-state index < -0.39 is 4.92 Å². The van der Waals surface area contributed by atoms with Gasteiger partial charge in [0, 0.05) is 17.7 Å². The molecule has 0 spiro atoms. The van der Waals surface area contributed by atoms with Crippen LogP contribution in [0.25, 0.3) is 16.8 Å². The SMILES string of the molecule is C[N+]1=C(C=Cc2ccc([N+](=O)[O-])o2)C(C)(Cc2ccccc2)c2c1ccc1ccccc21. The van der Waals surface area contributed by atoms with Gasteiger partial charge in [0.15, 0.2) is 5.71 Å². The molecular weight excluding hydrogens is 400 g/mol. The first kappa shape index (κ1) is 19.9. The van der Waals surface area contributed by atoms with Crippen LogP contribution in [-0.2, 0) is 11.8 Å². The summed E-state index contributed by atoms with van der Waals surface area (Å²) in [6, 6.07) is 26.3. The second kappa shape index (κ2) is 7.61. The molecule has 4 aromatic rings. The van der Waals surface area contributed by atoms with Crippen LogP contribution in [-0.4, -0.2) is 22.3 Å². The molecule has 0 radical (unpaired) electrons. The van der Waals surface area contributed by atoms with Gasteiger partial charge in [0.25, 0.3) is 0 Å². The van der Waals surface area contributed by atoms with E-state index in [0.717, 1.165) is 12.1 Å². The van der Waals surface area contributed by atoms with Crippen LogP contribution >= 0.6 is 0 Å². The Morgan fingerprint density at radius 3 is 2.47 bits per heavy atom. The minimum absolute atomic E-state index is 0.254. The highest BCUT2D eigenvalue weighted by Gasteiger charge is 2.47. The van der Waals surface area contributed by atoms with Gasteiger partial charge in [0.2, 0.25) is 5.69 Å². The predicted octanol–water partition coefficient (Wildman–Crippen LogP) is 6.28. The summed E-state index contributed by atoms with van der Waals surface area (Å²) < 4.78 is 7.58. The minimum atomic E-state index is -0.520. The van der Waals surface area contributed by atoms with Crippen molar-refractivity contribution in [2.24, 2.45) is 0 Å². The molecule has 1 unspecified atom stereocenters. The summed E-state index contributed by atoms with van der Waals surface area (Å²) in [6.07, 6.45) is 4.67. The van der Waals surface area contributed by atoms with E-state index in [1.54, 1.807) is 6.07 Å². The fraction of sp³-hybridized carbons (Fsp3) is 0.148. The molecule has 32 heavy (non-hydrogen) atoms. The summed E-state index contributed by atoms with van der Waals surface area (Å²) in [5, 5.41) is 13.4. The number of rotatable bonds is 5. The molecule has 0 saturated heterocycles. The van der Waals surface area contributed by atoms with Crippen LogP contribution in [0.3, 0.4) is 0 Å². The minimum Gasteiger partial charge on any atom is -0.401 e. The molecule has 1 aliphatic heterocycles. The molecular formula is C27H23N2O3+. The van der Waals surface area contributed by atoms with Crippen molar-refractivity contribution in [2.75, 3.05) is 7.05 Å². The molecule has 5 nitrogen and oxygen atoms in total. The molecule has 158 valence electrons. The maximum atomic E-state index is 11.0. The molecule has 3 aromatic carbocycles. The molecule has 0 amide bonds. The average Bonchev–Trinajstić information content (AvgIpc) is 3.35. The van der Waals surface area contributed by atoms with Crippen LogP contribution in [0.5, 0.6) is 0 Å². The summed E-state index contributed by atoms with van der Waals surface area (Å²) >= 11 is 0. The number of fused-ring (bicyclic) bond motifs is 3. The van der Waals surface area contributed by atoms with Crippen LogP contribution in [0.2, 0.25) is 0 Å². The lowest BCUT2D eigenvalue weighted by Crippen LogP contribution is -2.33. The molecule has 1 atom stereocenters. The Balaban J connectivity index is 1.66. The fourth-order valence-corrected chi connectivity index (χ4v) is 4.92. The van der Waals surface area contributed by atoms with E-state index in [-0.39, 0.29) is 11.3 Å². The largest absolute Gasteiger partial charge is 0.433 e. The first-order chi connectivity index (χ1) is 15.5. The van der Waals surface area contributed by atoms with Gasteiger partial charge in [-0.15, -0.1) is 0 Å². The quantitative estimate of drug-likeness (QED) is 0.215. The smallest absolute Gasteiger partial charge is 0.401 e. The predicted molar refractivity (Wildman–Crippen MR) is 127 cm³/mol. The van der Waals surface area contributed by atoms with Gasteiger partial charge in [-0.1, -0.05) is 54.6 Å². The van der Waals surface area contributed by atoms with E-state index in [2.05, 4.69) is 79.2 Å². The van der Waals surface area contributed by atoms with Crippen molar-refractivity contribution in [3.05, 3.63) is 112 Å². The number of hydrogen-bond acceptors (Lipinski definition) is 3. The lowest BCUT2D eigenvalue weighted by Gasteiger charge is -2.24. The second-order valence-electron chi connectivity index (χ2n) is 8.39. The van der Waals surface area contributed by atoms with Gasteiger partial charge in [0.1, 0.15) is 17.7 Å². The van der Waals surface area contributed by atoms with Gasteiger partial charge in [-0.05, 0) is 47.9 Å². The summed E-state index contributed by atoms with van der Waals surface area (Å²) in [7, 11) is 2.08. The Labute approximate surface area is 186 Å². The fourth-order valence-electron chi connectivity index (χ4n) is 4.92. The van der Waals surface area contributed by atoms with E-state index >= 15 is 0 Å². The zero-order valence-corrected chi connectivity index (χ0v) is 18.0. The lowest BCUT2D eigenvalue weighted by molar-refractivity contribution is -0.402. The van der Waals surface area contributed by atoms with E-state index in [9.17, 15) is 10.1 Å². The van der Waals surface area contributed by atoms with Crippen LogP contribution in [0.15, 0.2) is 89.4 Å². The Bertz CT molecular complexity index is 1400. The van der Waals surface area contributed by atoms with Gasteiger partial charge in [-0.2, -0.15) is 4.58 Å². The Morgan fingerprint density at radius 1 is 0.969 bits per heavy atom. The van der Waals surface area contributed by atoms with Crippen molar-refractivity contribution in [1.29, 1.82) is 0 Å². The van der Waals surface area contributed by atoms with Gasteiger partial charge >= 0.3 is 5.88 Å². The number of furan rings is 1. The molecule has 0 fully saturated rings. The molecule has 0 saturated carbocycles. The van der Waals surface area contributed by atoms with Crippen LogP contribution in [0.4, 0.5) is 11.6 Å². The maximum absolute atomic E-state index is 11.0. The zero-order chi connectivity index (χ0) is 22.3. The number of hydrogen-bond donors (Lipinski definition) is 0. The first-order valence-corrected chi connectivity index (χ1v) is 10.6. The van der Waals surface area contributed by atoms with E-state index in [4.69, 9.17) is 4.42 Å². The molecule has 1 aromatic heterocycles. The van der Waals surface area contributed by atoms with Crippen LogP contribution in [0.1, 0.15) is 23.8 Å². The Morgan fingerprint density at radius 2 is 1.72 bits per heavy atom. The number of nitrogens with zero attached hydrogens (tertiary/aromatic N) is 2. The lowest BCUT2D eigenvalue weighted by atomic mass is 9.73. The highest BCUT2D eigenvalue weighted by atomic mass is 16.6. The third-order valence-corrected chi connectivity index (χ3v) is 6.35. The highest BCUT2D eigenvalue weighted by Crippen LogP contribution is 2.45. The number of allylic oxidation sites excluding steroid dienone is 1. The first-order valence-electron chi connectivity index (χ1n) is 10.6. The standard InChI is InChI=1S/C27H23N2O3/c1-27(18-19-8-4-3-5-9-19)24(16-13-21-14-17-25(32-21)29(30)31)28(2)23-15-12-20-10-6-7-11-22(20)26(23)27/h3-17H,18H2,1-2H3/q+1. The Hall–Kier alpha value is -3.99. The van der Waals surface area contributed by atoms with Crippen LogP contribution < -0.4 is 0 Å². The maximum Gasteiger partial charge on any atom is 0.433 e. The van der Waals surface area contributed by atoms with Crippen molar-refractivity contribution in [2.45, 2.75) is 18.8 Å². The number of benzene rings is 3. The zero-order valence-electron chi connectivity index (χ0n) is 18.0. The van der Waals surface area contributed by atoms with Crippen molar-refractivity contribution >= 4 is 34.1 Å². The second-order valence-corrected chi connectivity index (χ2v) is 8.39. The topological polar surface area (TPSA) is 59.3 Å². The van der Waals surface area contributed by atoms with Crippen LogP contribution in [0, 0.1) is 10.1 Å². The van der Waals surface area contributed by atoms with Gasteiger partial charge in [-0.25, -0.2) is 0 Å². The molecule has 1 aliphatic rings. The third kappa shape index (κ3) is 3.23. The monoisotopic (exact) mass is 423 g/mol. The van der Waals surface area contributed by atoms with Gasteiger partial charge in [-0.3, -0.25) is 10.1 Å². The summed E-state index contributed by atoms with van der Waals surface area (Å²) in [4.78, 5) is 10.5. The molecule has 0 N–H and O–H groups in total.